The predicted molar refractivity (Wildman–Crippen MR) is 133 cm³/mol. The van der Waals surface area contributed by atoms with Gasteiger partial charge < -0.3 is 4.74 Å². The molecule has 0 amide bonds. The first kappa shape index (κ1) is 29.5. The molecule has 0 radical (unpaired) electrons. The molecule has 0 aliphatic carbocycles. The number of esters is 1. The van der Waals surface area contributed by atoms with E-state index in [1.54, 1.807) is 0 Å². The minimum atomic E-state index is 0.00788. The average Bonchev–Trinajstić information content (AvgIpc) is 2.75. The van der Waals surface area contributed by atoms with Crippen LogP contribution in [0.2, 0.25) is 0 Å². The van der Waals surface area contributed by atoms with Gasteiger partial charge in [0.15, 0.2) is 0 Å². The van der Waals surface area contributed by atoms with Crippen molar-refractivity contribution in [3.05, 3.63) is 0 Å². The molecule has 0 fully saturated rings. The molecule has 0 unspecified atom stereocenters. The Morgan fingerprint density at radius 3 is 1.10 bits per heavy atom. The summed E-state index contributed by atoms with van der Waals surface area (Å²) in [5, 5.41) is 0. The third kappa shape index (κ3) is 25.5. The largest absolute Gasteiger partial charge is 0.466 e. The molecule has 2 nitrogen and oxygen atoms in total. The van der Waals surface area contributed by atoms with Crippen LogP contribution in [0.15, 0.2) is 0 Å². The highest BCUT2D eigenvalue weighted by molar-refractivity contribution is 5.69. The molecule has 0 aromatic rings. The van der Waals surface area contributed by atoms with Gasteiger partial charge in [-0.05, 0) is 12.8 Å². The molecule has 180 valence electrons. The average molecular weight is 425 g/mol. The lowest BCUT2D eigenvalue weighted by atomic mass is 10.0. The van der Waals surface area contributed by atoms with Crippen LogP contribution in [0.1, 0.15) is 168 Å². The maximum Gasteiger partial charge on any atom is 0.305 e. The van der Waals surface area contributed by atoms with Gasteiger partial charge >= 0.3 is 5.97 Å². The molecule has 0 saturated heterocycles. The van der Waals surface area contributed by atoms with Gasteiger partial charge in [0.2, 0.25) is 0 Å². The SMILES string of the molecule is CCCCCCCCCCCCCCCCCCCCCCC(=O)OCCCCC. The predicted octanol–water partition coefficient (Wildman–Crippen LogP) is 9.93. The second-order valence-electron chi connectivity index (χ2n) is 9.40. The van der Waals surface area contributed by atoms with Gasteiger partial charge in [-0.1, -0.05) is 149 Å². The van der Waals surface area contributed by atoms with Crippen molar-refractivity contribution in [1.82, 2.24) is 0 Å². The van der Waals surface area contributed by atoms with E-state index in [2.05, 4.69) is 13.8 Å². The Balaban J connectivity index is 3.07. The third-order valence-electron chi connectivity index (χ3n) is 6.25. The fourth-order valence-corrected chi connectivity index (χ4v) is 4.13. The van der Waals surface area contributed by atoms with Crippen LogP contribution < -0.4 is 0 Å². The molecule has 0 aromatic heterocycles. The van der Waals surface area contributed by atoms with E-state index in [1.807, 2.05) is 0 Å². The third-order valence-corrected chi connectivity index (χ3v) is 6.25. The van der Waals surface area contributed by atoms with E-state index in [0.29, 0.717) is 13.0 Å². The number of hydrogen-bond acceptors (Lipinski definition) is 2. The van der Waals surface area contributed by atoms with Gasteiger partial charge in [-0.25, -0.2) is 0 Å². The van der Waals surface area contributed by atoms with Crippen molar-refractivity contribution in [2.24, 2.45) is 0 Å². The van der Waals surface area contributed by atoms with E-state index in [-0.39, 0.29) is 5.97 Å². The molecule has 0 atom stereocenters. The zero-order chi connectivity index (χ0) is 22.0. The van der Waals surface area contributed by atoms with Gasteiger partial charge in [-0.2, -0.15) is 0 Å². The lowest BCUT2D eigenvalue weighted by Crippen LogP contribution is -2.05. The molecule has 0 heterocycles. The fraction of sp³-hybridized carbons (Fsp3) is 0.964. The van der Waals surface area contributed by atoms with Crippen molar-refractivity contribution in [3.63, 3.8) is 0 Å². The standard InChI is InChI=1S/C28H56O2/c1-3-5-7-8-9-10-11-12-13-14-15-16-17-18-19-20-21-22-23-24-26-28(29)30-27-25-6-4-2/h3-27H2,1-2H3. The van der Waals surface area contributed by atoms with Crippen LogP contribution in [0.5, 0.6) is 0 Å². The number of rotatable bonds is 25. The maximum atomic E-state index is 11.6. The Labute approximate surface area is 190 Å². The molecule has 30 heavy (non-hydrogen) atoms. The second kappa shape index (κ2) is 26.5. The summed E-state index contributed by atoms with van der Waals surface area (Å²) in [5.41, 5.74) is 0. The zero-order valence-electron chi connectivity index (χ0n) is 21.0. The Hall–Kier alpha value is -0.530. The molecule has 2 heteroatoms. The summed E-state index contributed by atoms with van der Waals surface area (Å²) in [6, 6.07) is 0. The van der Waals surface area contributed by atoms with Gasteiger partial charge in [0.25, 0.3) is 0 Å². The van der Waals surface area contributed by atoms with Crippen LogP contribution >= 0.6 is 0 Å². The summed E-state index contributed by atoms with van der Waals surface area (Å²) in [5.74, 6) is 0.00788. The van der Waals surface area contributed by atoms with Crippen molar-refractivity contribution < 1.29 is 9.53 Å². The lowest BCUT2D eigenvalue weighted by Gasteiger charge is -2.05. The quantitative estimate of drug-likeness (QED) is 0.108. The van der Waals surface area contributed by atoms with Gasteiger partial charge in [-0.3, -0.25) is 4.79 Å². The Bertz CT molecular complexity index is 327. The monoisotopic (exact) mass is 424 g/mol. The number of carbonyl (C=O) groups excluding carboxylic acids is 1. The van der Waals surface area contributed by atoms with Crippen molar-refractivity contribution in [3.8, 4) is 0 Å². The number of carbonyl (C=O) groups is 1. The first-order chi connectivity index (χ1) is 14.8. The van der Waals surface area contributed by atoms with Crippen molar-refractivity contribution in [2.75, 3.05) is 6.61 Å². The smallest absolute Gasteiger partial charge is 0.305 e. The van der Waals surface area contributed by atoms with E-state index in [9.17, 15) is 4.79 Å². The van der Waals surface area contributed by atoms with Crippen LogP contribution in [0.25, 0.3) is 0 Å². The van der Waals surface area contributed by atoms with Gasteiger partial charge in [0.05, 0.1) is 6.61 Å². The van der Waals surface area contributed by atoms with E-state index in [0.717, 1.165) is 19.3 Å². The first-order valence-corrected chi connectivity index (χ1v) is 14.0. The highest BCUT2D eigenvalue weighted by atomic mass is 16.5. The second-order valence-corrected chi connectivity index (χ2v) is 9.40. The van der Waals surface area contributed by atoms with E-state index in [4.69, 9.17) is 4.74 Å². The summed E-state index contributed by atoms with van der Waals surface area (Å²) in [7, 11) is 0. The van der Waals surface area contributed by atoms with Crippen LogP contribution in [0.3, 0.4) is 0 Å². The topological polar surface area (TPSA) is 26.3 Å². The highest BCUT2D eigenvalue weighted by Crippen LogP contribution is 2.15. The van der Waals surface area contributed by atoms with E-state index >= 15 is 0 Å². The molecule has 0 N–H and O–H groups in total. The van der Waals surface area contributed by atoms with Crippen molar-refractivity contribution >= 4 is 5.97 Å². The molecular formula is C28H56O2. The number of ether oxygens (including phenoxy) is 1. The molecule has 0 aliphatic rings. The maximum absolute atomic E-state index is 11.6. The normalized spacial score (nSPS) is 11.1. The van der Waals surface area contributed by atoms with Crippen LogP contribution in [0, 0.1) is 0 Å². The number of unbranched alkanes of at least 4 members (excludes halogenated alkanes) is 21. The van der Waals surface area contributed by atoms with Gasteiger partial charge in [0.1, 0.15) is 0 Å². The van der Waals surface area contributed by atoms with Crippen LogP contribution in [-0.2, 0) is 9.53 Å². The number of hydrogen-bond donors (Lipinski definition) is 0. The minimum absolute atomic E-state index is 0.00788. The molecule has 0 aliphatic heterocycles. The summed E-state index contributed by atoms with van der Waals surface area (Å²) in [6.07, 6.45) is 31.8. The molecular weight excluding hydrogens is 368 g/mol. The fourth-order valence-electron chi connectivity index (χ4n) is 4.13. The Kier molecular flexibility index (Phi) is 26.0. The first-order valence-electron chi connectivity index (χ1n) is 14.0. The molecule has 0 rings (SSSR count). The summed E-state index contributed by atoms with van der Waals surface area (Å²) < 4.78 is 5.25. The zero-order valence-corrected chi connectivity index (χ0v) is 21.0. The Morgan fingerprint density at radius 1 is 0.433 bits per heavy atom. The van der Waals surface area contributed by atoms with E-state index in [1.165, 1.54) is 128 Å². The molecule has 0 saturated carbocycles. The van der Waals surface area contributed by atoms with Crippen LogP contribution in [0.4, 0.5) is 0 Å². The highest BCUT2D eigenvalue weighted by Gasteiger charge is 2.02. The summed E-state index contributed by atoms with van der Waals surface area (Å²) in [4.78, 5) is 11.6. The molecule has 0 aromatic carbocycles. The van der Waals surface area contributed by atoms with E-state index < -0.39 is 0 Å². The van der Waals surface area contributed by atoms with Gasteiger partial charge in [-0.15, -0.1) is 0 Å². The van der Waals surface area contributed by atoms with Gasteiger partial charge in [0, 0.05) is 6.42 Å². The summed E-state index contributed by atoms with van der Waals surface area (Å²) in [6.45, 7) is 5.08. The lowest BCUT2D eigenvalue weighted by molar-refractivity contribution is -0.143. The summed E-state index contributed by atoms with van der Waals surface area (Å²) >= 11 is 0. The Morgan fingerprint density at radius 2 is 0.733 bits per heavy atom. The minimum Gasteiger partial charge on any atom is -0.466 e. The van der Waals surface area contributed by atoms with Crippen LogP contribution in [-0.4, -0.2) is 12.6 Å². The molecule has 0 spiro atoms. The molecule has 0 bridgehead atoms. The van der Waals surface area contributed by atoms with Crippen molar-refractivity contribution in [1.29, 1.82) is 0 Å². The van der Waals surface area contributed by atoms with Crippen molar-refractivity contribution in [2.45, 2.75) is 168 Å².